The molecule has 122 valence electrons. The fourth-order valence-corrected chi connectivity index (χ4v) is 1.59. The van der Waals surface area contributed by atoms with Gasteiger partial charge in [-0.05, 0) is 20.8 Å². The molecule has 6 heteroatoms. The van der Waals surface area contributed by atoms with E-state index in [1.807, 2.05) is 20.8 Å². The molecular weight excluding hydrogens is 282 g/mol. The van der Waals surface area contributed by atoms with Crippen molar-refractivity contribution in [2.24, 2.45) is 0 Å². The molecule has 1 aromatic heterocycles. The first-order valence-electron chi connectivity index (χ1n) is 7.35. The van der Waals surface area contributed by atoms with Gasteiger partial charge in [-0.25, -0.2) is 14.8 Å². The van der Waals surface area contributed by atoms with Crippen molar-refractivity contribution in [1.82, 2.24) is 9.97 Å². The first-order valence-corrected chi connectivity index (χ1v) is 7.35. The number of ketones is 1. The number of aromatic nitrogens is 2. The van der Waals surface area contributed by atoms with Gasteiger partial charge >= 0.3 is 6.09 Å². The number of rotatable bonds is 3. The van der Waals surface area contributed by atoms with Crippen LogP contribution in [0.5, 0.6) is 0 Å². The summed E-state index contributed by atoms with van der Waals surface area (Å²) < 4.78 is 5.20. The molecule has 1 aromatic rings. The SMILES string of the molecule is CCC(=O)c1nc(NC(=O)OC(C)(C)C)cc(C(C)(C)C)n1. The molecule has 0 fully saturated rings. The average Bonchev–Trinajstić information content (AvgIpc) is 2.33. The third-order valence-electron chi connectivity index (χ3n) is 2.69. The summed E-state index contributed by atoms with van der Waals surface area (Å²) in [6.45, 7) is 13.0. The van der Waals surface area contributed by atoms with Crippen LogP contribution in [0.15, 0.2) is 6.07 Å². The van der Waals surface area contributed by atoms with Crippen LogP contribution in [0, 0.1) is 0 Å². The van der Waals surface area contributed by atoms with Crippen molar-refractivity contribution in [2.75, 3.05) is 5.32 Å². The van der Waals surface area contributed by atoms with Crippen LogP contribution >= 0.6 is 0 Å². The Morgan fingerprint density at radius 1 is 1.14 bits per heavy atom. The Bertz CT molecular complexity index is 569. The molecule has 0 radical (unpaired) electrons. The van der Waals surface area contributed by atoms with Gasteiger partial charge in [-0.1, -0.05) is 27.7 Å². The number of Topliss-reactive ketones (excluding diaryl/α,β-unsaturated/α-hetero) is 1. The summed E-state index contributed by atoms with van der Waals surface area (Å²) in [6.07, 6.45) is -0.305. The number of nitrogens with zero attached hydrogens (tertiary/aromatic N) is 2. The van der Waals surface area contributed by atoms with Crippen LogP contribution in [-0.4, -0.2) is 27.4 Å². The van der Waals surface area contributed by atoms with Crippen LogP contribution in [0.2, 0.25) is 0 Å². The van der Waals surface area contributed by atoms with Crippen molar-refractivity contribution < 1.29 is 14.3 Å². The molecule has 0 aliphatic rings. The Morgan fingerprint density at radius 2 is 1.73 bits per heavy atom. The zero-order valence-corrected chi connectivity index (χ0v) is 14.4. The molecule has 0 spiro atoms. The first kappa shape index (κ1) is 18.1. The van der Waals surface area contributed by atoms with Gasteiger partial charge in [0.25, 0.3) is 0 Å². The number of nitrogens with one attached hydrogen (secondary N) is 1. The maximum Gasteiger partial charge on any atom is 0.413 e. The Labute approximate surface area is 131 Å². The van der Waals surface area contributed by atoms with Gasteiger partial charge in [-0.3, -0.25) is 10.1 Å². The van der Waals surface area contributed by atoms with Crippen LogP contribution in [0.1, 0.15) is 71.2 Å². The van der Waals surface area contributed by atoms with Gasteiger partial charge in [0.1, 0.15) is 11.4 Å². The molecule has 0 aliphatic heterocycles. The van der Waals surface area contributed by atoms with Gasteiger partial charge in [0.15, 0.2) is 11.6 Å². The number of carbonyl (C=O) groups is 2. The predicted molar refractivity (Wildman–Crippen MR) is 85.2 cm³/mol. The lowest BCUT2D eigenvalue weighted by molar-refractivity contribution is 0.0634. The standard InChI is InChI=1S/C16H25N3O3/c1-8-10(20)13-17-11(15(2,3)4)9-12(18-13)19-14(21)22-16(5,6)7/h9H,8H2,1-7H3,(H,17,18,19,21). The van der Waals surface area contributed by atoms with E-state index in [2.05, 4.69) is 15.3 Å². The summed E-state index contributed by atoms with van der Waals surface area (Å²) in [5.74, 6) is 0.213. The smallest absolute Gasteiger partial charge is 0.413 e. The molecule has 6 nitrogen and oxygen atoms in total. The van der Waals surface area contributed by atoms with Crippen LogP contribution in [0.25, 0.3) is 0 Å². The predicted octanol–water partition coefficient (Wildman–Crippen LogP) is 3.71. The summed E-state index contributed by atoms with van der Waals surface area (Å²) >= 11 is 0. The average molecular weight is 307 g/mol. The van der Waals surface area contributed by atoms with E-state index in [9.17, 15) is 9.59 Å². The highest BCUT2D eigenvalue weighted by Crippen LogP contribution is 2.23. The molecule has 0 saturated heterocycles. The van der Waals surface area contributed by atoms with Gasteiger partial charge in [0.05, 0.1) is 5.69 Å². The minimum atomic E-state index is -0.610. The highest BCUT2D eigenvalue weighted by atomic mass is 16.6. The maximum atomic E-state index is 11.9. The summed E-state index contributed by atoms with van der Waals surface area (Å²) in [4.78, 5) is 32.2. The molecule has 0 unspecified atom stereocenters. The number of amides is 1. The molecule has 0 saturated carbocycles. The number of ether oxygens (including phenoxy) is 1. The third kappa shape index (κ3) is 5.42. The Kier molecular flexibility index (Phi) is 5.27. The Hall–Kier alpha value is -1.98. The molecule has 1 heterocycles. The minimum absolute atomic E-state index is 0.112. The van der Waals surface area contributed by atoms with E-state index in [-0.39, 0.29) is 22.8 Å². The van der Waals surface area contributed by atoms with Gasteiger partial charge in [-0.15, -0.1) is 0 Å². The molecule has 1 rings (SSSR count). The van der Waals surface area contributed by atoms with E-state index in [4.69, 9.17) is 4.74 Å². The van der Waals surface area contributed by atoms with Crippen LogP contribution in [0.4, 0.5) is 10.6 Å². The number of hydrogen-bond donors (Lipinski definition) is 1. The Morgan fingerprint density at radius 3 is 2.18 bits per heavy atom. The monoisotopic (exact) mass is 307 g/mol. The lowest BCUT2D eigenvalue weighted by Crippen LogP contribution is -2.28. The number of anilines is 1. The summed E-state index contributed by atoms with van der Waals surface area (Å²) in [5.41, 5.74) is -0.187. The van der Waals surface area contributed by atoms with E-state index >= 15 is 0 Å². The van der Waals surface area contributed by atoms with E-state index in [1.54, 1.807) is 33.8 Å². The fourth-order valence-electron chi connectivity index (χ4n) is 1.59. The largest absolute Gasteiger partial charge is 0.444 e. The topological polar surface area (TPSA) is 81.2 Å². The normalized spacial score (nSPS) is 12.0. The van der Waals surface area contributed by atoms with Gasteiger partial charge in [0, 0.05) is 17.9 Å². The summed E-state index contributed by atoms with van der Waals surface area (Å²) in [5, 5.41) is 2.57. The minimum Gasteiger partial charge on any atom is -0.444 e. The van der Waals surface area contributed by atoms with Crippen molar-refractivity contribution in [3.8, 4) is 0 Å². The number of carbonyl (C=O) groups excluding carboxylic acids is 2. The highest BCUT2D eigenvalue weighted by Gasteiger charge is 2.22. The summed E-state index contributed by atoms with van der Waals surface area (Å²) in [6, 6.07) is 1.66. The quantitative estimate of drug-likeness (QED) is 0.861. The third-order valence-corrected chi connectivity index (χ3v) is 2.69. The molecule has 22 heavy (non-hydrogen) atoms. The number of hydrogen-bond acceptors (Lipinski definition) is 5. The van der Waals surface area contributed by atoms with Crippen molar-refractivity contribution in [3.63, 3.8) is 0 Å². The van der Waals surface area contributed by atoms with Crippen molar-refractivity contribution in [2.45, 2.75) is 65.9 Å². The lowest BCUT2D eigenvalue weighted by Gasteiger charge is -2.21. The Balaban J connectivity index is 3.13. The van der Waals surface area contributed by atoms with Crippen LogP contribution < -0.4 is 5.32 Å². The van der Waals surface area contributed by atoms with Gasteiger partial charge in [0.2, 0.25) is 0 Å². The van der Waals surface area contributed by atoms with Gasteiger partial charge in [-0.2, -0.15) is 0 Å². The van der Waals surface area contributed by atoms with E-state index in [1.165, 1.54) is 0 Å². The molecule has 0 aromatic carbocycles. The second-order valence-corrected chi connectivity index (χ2v) is 7.12. The van der Waals surface area contributed by atoms with Crippen molar-refractivity contribution >= 4 is 17.7 Å². The second kappa shape index (κ2) is 6.42. The highest BCUT2D eigenvalue weighted by molar-refractivity contribution is 5.93. The van der Waals surface area contributed by atoms with E-state index in [0.717, 1.165) is 0 Å². The maximum absolute atomic E-state index is 11.9. The van der Waals surface area contributed by atoms with Gasteiger partial charge < -0.3 is 4.74 Å². The molecular formula is C16H25N3O3. The molecule has 0 bridgehead atoms. The fraction of sp³-hybridized carbons (Fsp3) is 0.625. The molecule has 1 N–H and O–H groups in total. The zero-order chi connectivity index (χ0) is 17.1. The summed E-state index contributed by atoms with van der Waals surface area (Å²) in [7, 11) is 0. The molecule has 0 atom stereocenters. The molecule has 1 amide bonds. The van der Waals surface area contributed by atoms with Crippen molar-refractivity contribution in [1.29, 1.82) is 0 Å². The van der Waals surface area contributed by atoms with Crippen molar-refractivity contribution in [3.05, 3.63) is 17.6 Å². The van der Waals surface area contributed by atoms with E-state index in [0.29, 0.717) is 12.1 Å². The van der Waals surface area contributed by atoms with E-state index < -0.39 is 11.7 Å². The lowest BCUT2D eigenvalue weighted by atomic mass is 9.92. The van der Waals surface area contributed by atoms with Crippen LogP contribution in [-0.2, 0) is 10.2 Å². The second-order valence-electron chi connectivity index (χ2n) is 7.12. The molecule has 0 aliphatic carbocycles. The van der Waals surface area contributed by atoms with Crippen LogP contribution in [0.3, 0.4) is 0 Å². The zero-order valence-electron chi connectivity index (χ0n) is 14.4. The first-order chi connectivity index (χ1) is 9.92.